The molecule has 1 heterocycles. The van der Waals surface area contributed by atoms with E-state index in [-0.39, 0.29) is 5.75 Å². The summed E-state index contributed by atoms with van der Waals surface area (Å²) in [4.78, 5) is 2.53. The summed E-state index contributed by atoms with van der Waals surface area (Å²) in [7, 11) is 0. The summed E-state index contributed by atoms with van der Waals surface area (Å²) in [6.45, 7) is 6.39. The SMILES string of the molecule is CCCCC[C@@H](c1c(Br)cc(Br)c(O)c1Br)N1CCNCC1. The highest BCUT2D eigenvalue weighted by atomic mass is 79.9. The van der Waals surface area contributed by atoms with Gasteiger partial charge in [-0.1, -0.05) is 42.1 Å². The second-order valence-electron chi connectivity index (χ2n) is 5.71. The minimum atomic E-state index is 0.286. The average molecular weight is 499 g/mol. The lowest BCUT2D eigenvalue weighted by atomic mass is 9.98. The van der Waals surface area contributed by atoms with Crippen molar-refractivity contribution in [3.8, 4) is 5.75 Å². The lowest BCUT2D eigenvalue weighted by Gasteiger charge is -2.36. The monoisotopic (exact) mass is 496 g/mol. The van der Waals surface area contributed by atoms with Crippen molar-refractivity contribution in [3.05, 3.63) is 25.0 Å². The van der Waals surface area contributed by atoms with Crippen molar-refractivity contribution in [1.82, 2.24) is 10.2 Å². The number of nitrogens with zero attached hydrogens (tertiary/aromatic N) is 1. The Labute approximate surface area is 158 Å². The van der Waals surface area contributed by atoms with Crippen molar-refractivity contribution in [1.29, 1.82) is 0 Å². The van der Waals surface area contributed by atoms with Crippen LogP contribution in [0.3, 0.4) is 0 Å². The quantitative estimate of drug-likeness (QED) is 0.529. The number of benzene rings is 1. The maximum Gasteiger partial charge on any atom is 0.144 e. The van der Waals surface area contributed by atoms with Crippen LogP contribution in [0.25, 0.3) is 0 Å². The summed E-state index contributed by atoms with van der Waals surface area (Å²) in [5.41, 5.74) is 1.17. The molecule has 1 saturated heterocycles. The first-order valence-electron chi connectivity index (χ1n) is 7.87. The highest BCUT2D eigenvalue weighted by Crippen LogP contribution is 2.45. The van der Waals surface area contributed by atoms with Crippen LogP contribution < -0.4 is 5.32 Å². The van der Waals surface area contributed by atoms with Gasteiger partial charge >= 0.3 is 0 Å². The zero-order valence-corrected chi connectivity index (χ0v) is 17.6. The molecule has 2 N–H and O–H groups in total. The van der Waals surface area contributed by atoms with Crippen LogP contribution in [0, 0.1) is 0 Å². The van der Waals surface area contributed by atoms with E-state index in [9.17, 15) is 5.11 Å². The second kappa shape index (κ2) is 9.02. The first-order valence-corrected chi connectivity index (χ1v) is 10.2. The predicted molar refractivity (Wildman–Crippen MR) is 103 cm³/mol. The molecule has 0 aliphatic carbocycles. The van der Waals surface area contributed by atoms with E-state index >= 15 is 0 Å². The Morgan fingerprint density at radius 2 is 1.86 bits per heavy atom. The van der Waals surface area contributed by atoms with Crippen LogP contribution in [-0.4, -0.2) is 36.2 Å². The van der Waals surface area contributed by atoms with E-state index in [1.54, 1.807) is 0 Å². The topological polar surface area (TPSA) is 35.5 Å². The molecule has 1 fully saturated rings. The third kappa shape index (κ3) is 4.47. The van der Waals surface area contributed by atoms with Gasteiger partial charge in [-0.2, -0.15) is 0 Å². The van der Waals surface area contributed by atoms with Gasteiger partial charge in [0.2, 0.25) is 0 Å². The van der Waals surface area contributed by atoms with Crippen molar-refractivity contribution < 1.29 is 5.11 Å². The Kier molecular flexibility index (Phi) is 7.67. The van der Waals surface area contributed by atoms with Gasteiger partial charge in [-0.15, -0.1) is 0 Å². The minimum absolute atomic E-state index is 0.286. The Hall–Kier alpha value is 0.380. The summed E-state index contributed by atoms with van der Waals surface area (Å²) in [6, 6.07) is 2.28. The Morgan fingerprint density at radius 1 is 1.18 bits per heavy atom. The molecule has 1 aromatic rings. The Balaban J connectivity index is 2.33. The van der Waals surface area contributed by atoms with Crippen LogP contribution in [0.15, 0.2) is 19.5 Å². The van der Waals surface area contributed by atoms with Crippen LogP contribution in [0.4, 0.5) is 0 Å². The molecule has 0 saturated carbocycles. The predicted octanol–water partition coefficient (Wildman–Crippen LogP) is 5.21. The minimum Gasteiger partial charge on any atom is -0.506 e. The van der Waals surface area contributed by atoms with Gasteiger partial charge < -0.3 is 10.4 Å². The van der Waals surface area contributed by atoms with Gasteiger partial charge in [0, 0.05) is 42.3 Å². The fraction of sp³-hybridized carbons (Fsp3) is 0.625. The summed E-state index contributed by atoms with van der Waals surface area (Å²) in [6.07, 6.45) is 4.80. The molecule has 0 amide bonds. The fourth-order valence-electron chi connectivity index (χ4n) is 2.99. The van der Waals surface area contributed by atoms with Gasteiger partial charge in [-0.3, -0.25) is 4.90 Å². The standard InChI is InChI=1S/C16H23Br3N2O/c1-2-3-4-5-13(21-8-6-20-7-9-21)14-11(17)10-12(18)16(22)15(14)19/h10,13,20,22H,2-9H2,1H3/t13-/m0/s1. The maximum absolute atomic E-state index is 10.3. The number of rotatable bonds is 6. The van der Waals surface area contributed by atoms with Crippen LogP contribution in [-0.2, 0) is 0 Å². The molecule has 1 aromatic carbocycles. The van der Waals surface area contributed by atoms with Crippen molar-refractivity contribution in [2.24, 2.45) is 0 Å². The second-order valence-corrected chi connectivity index (χ2v) is 8.22. The van der Waals surface area contributed by atoms with E-state index in [2.05, 4.69) is 64.9 Å². The number of piperazine rings is 1. The van der Waals surface area contributed by atoms with Crippen LogP contribution in [0.5, 0.6) is 5.75 Å². The number of hydrogen-bond donors (Lipinski definition) is 2. The third-order valence-electron chi connectivity index (χ3n) is 4.19. The molecule has 0 bridgehead atoms. The Bertz CT molecular complexity index is 505. The number of unbranched alkanes of at least 4 members (excludes halogenated alkanes) is 2. The van der Waals surface area contributed by atoms with E-state index < -0.39 is 0 Å². The van der Waals surface area contributed by atoms with Gasteiger partial charge in [0.1, 0.15) is 5.75 Å². The molecule has 6 heteroatoms. The lowest BCUT2D eigenvalue weighted by Crippen LogP contribution is -2.45. The zero-order valence-electron chi connectivity index (χ0n) is 12.8. The van der Waals surface area contributed by atoms with Gasteiger partial charge in [0.05, 0.1) is 8.95 Å². The average Bonchev–Trinajstić information content (AvgIpc) is 2.52. The number of halogens is 3. The zero-order chi connectivity index (χ0) is 16.1. The molecule has 0 spiro atoms. The number of nitrogens with one attached hydrogen (secondary N) is 1. The molecule has 0 aromatic heterocycles. The van der Waals surface area contributed by atoms with Crippen LogP contribution in [0.1, 0.15) is 44.2 Å². The molecular formula is C16H23Br3N2O. The summed E-state index contributed by atoms with van der Waals surface area (Å²) >= 11 is 10.7. The van der Waals surface area contributed by atoms with Crippen molar-refractivity contribution >= 4 is 47.8 Å². The molecule has 3 nitrogen and oxygen atoms in total. The van der Waals surface area contributed by atoms with Crippen molar-refractivity contribution in [2.75, 3.05) is 26.2 Å². The fourth-order valence-corrected chi connectivity index (χ4v) is 5.64. The van der Waals surface area contributed by atoms with Crippen LogP contribution >= 0.6 is 47.8 Å². The van der Waals surface area contributed by atoms with Gasteiger partial charge in [-0.25, -0.2) is 0 Å². The maximum atomic E-state index is 10.3. The molecule has 22 heavy (non-hydrogen) atoms. The smallest absolute Gasteiger partial charge is 0.144 e. The summed E-state index contributed by atoms with van der Waals surface area (Å²) in [5, 5.41) is 13.7. The van der Waals surface area contributed by atoms with E-state index in [0.29, 0.717) is 10.5 Å². The summed E-state index contributed by atoms with van der Waals surface area (Å²) < 4.78 is 2.56. The number of phenols is 1. The number of phenolic OH excluding ortho intramolecular Hbond substituents is 1. The first kappa shape index (κ1) is 18.7. The molecule has 0 radical (unpaired) electrons. The molecule has 0 unspecified atom stereocenters. The normalized spacial score (nSPS) is 17.6. The number of aromatic hydroxyl groups is 1. The molecule has 1 aliphatic rings. The van der Waals surface area contributed by atoms with Crippen molar-refractivity contribution in [2.45, 2.75) is 38.6 Å². The Morgan fingerprint density at radius 3 is 2.50 bits per heavy atom. The highest BCUT2D eigenvalue weighted by molar-refractivity contribution is 9.11. The first-order chi connectivity index (χ1) is 10.6. The van der Waals surface area contributed by atoms with Gasteiger partial charge in [-0.05, 0) is 44.3 Å². The molecule has 124 valence electrons. The van der Waals surface area contributed by atoms with E-state index in [1.165, 1.54) is 24.8 Å². The van der Waals surface area contributed by atoms with E-state index in [1.807, 2.05) is 6.07 Å². The van der Waals surface area contributed by atoms with E-state index in [4.69, 9.17) is 0 Å². The van der Waals surface area contributed by atoms with E-state index in [0.717, 1.165) is 41.5 Å². The number of hydrogen-bond acceptors (Lipinski definition) is 3. The third-order valence-corrected chi connectivity index (χ3v) is 6.25. The van der Waals surface area contributed by atoms with Crippen LogP contribution in [0.2, 0.25) is 0 Å². The van der Waals surface area contributed by atoms with Gasteiger partial charge in [0.15, 0.2) is 0 Å². The molecule has 1 aliphatic heterocycles. The van der Waals surface area contributed by atoms with Crippen molar-refractivity contribution in [3.63, 3.8) is 0 Å². The molecule has 1 atom stereocenters. The largest absolute Gasteiger partial charge is 0.506 e. The molecule has 2 rings (SSSR count). The molecular weight excluding hydrogens is 476 g/mol. The van der Waals surface area contributed by atoms with Gasteiger partial charge in [0.25, 0.3) is 0 Å². The summed E-state index contributed by atoms with van der Waals surface area (Å²) in [5.74, 6) is 0.286. The lowest BCUT2D eigenvalue weighted by molar-refractivity contribution is 0.161. The highest BCUT2D eigenvalue weighted by Gasteiger charge is 2.27.